The van der Waals surface area contributed by atoms with E-state index in [-0.39, 0.29) is 17.0 Å². The van der Waals surface area contributed by atoms with Crippen molar-refractivity contribution < 1.29 is 31.1 Å². The van der Waals surface area contributed by atoms with E-state index in [2.05, 4.69) is 18.6 Å². The summed E-state index contributed by atoms with van der Waals surface area (Å²) in [6.07, 6.45) is 2.60. The van der Waals surface area contributed by atoms with Gasteiger partial charge in [-0.3, -0.25) is 0 Å². The van der Waals surface area contributed by atoms with Gasteiger partial charge in [0.05, 0.1) is 0 Å². The van der Waals surface area contributed by atoms with Gasteiger partial charge in [-0.2, -0.15) is 0 Å². The molecule has 0 N–H and O–H groups in total. The smallest absolute Gasteiger partial charge is 0.399 e. The van der Waals surface area contributed by atoms with E-state index in [0.29, 0.717) is 24.0 Å². The van der Waals surface area contributed by atoms with Gasteiger partial charge in [-0.05, 0) is 72.8 Å². The molecule has 0 amide bonds. The Hall–Kier alpha value is -2.18. The molecule has 1 nitrogen and oxygen atoms in total. The van der Waals surface area contributed by atoms with Gasteiger partial charge in [0.15, 0.2) is 11.6 Å². The van der Waals surface area contributed by atoms with E-state index in [4.69, 9.17) is 0 Å². The molecule has 2 aromatic rings. The van der Waals surface area contributed by atoms with Crippen LogP contribution in [0.1, 0.15) is 70.3 Å². The molecule has 0 heterocycles. The zero-order valence-corrected chi connectivity index (χ0v) is 18.2. The van der Waals surface area contributed by atoms with Gasteiger partial charge in [-0.1, -0.05) is 45.2 Å². The van der Waals surface area contributed by atoms with E-state index in [1.54, 1.807) is 6.07 Å². The van der Waals surface area contributed by atoms with E-state index in [1.807, 2.05) is 0 Å². The minimum absolute atomic E-state index is 0.0764. The van der Waals surface area contributed by atoms with Crippen LogP contribution in [0.2, 0.25) is 0 Å². The van der Waals surface area contributed by atoms with Gasteiger partial charge in [0.1, 0.15) is 5.82 Å². The van der Waals surface area contributed by atoms with E-state index >= 15 is 0 Å². The van der Waals surface area contributed by atoms with E-state index in [1.165, 1.54) is 31.4 Å². The molecular weight excluding hydrogens is 430 g/mol. The minimum atomic E-state index is -5.23. The number of hydrogen-bond acceptors (Lipinski definition) is 1. The number of ether oxygens (including phenoxy) is 1. The molecule has 0 unspecified atom stereocenters. The number of rotatable bonds is 7. The molecule has 0 bridgehead atoms. The van der Waals surface area contributed by atoms with Gasteiger partial charge in [0.25, 0.3) is 0 Å². The highest BCUT2D eigenvalue weighted by Gasteiger charge is 2.34. The molecule has 1 aliphatic carbocycles. The Morgan fingerprint density at radius 1 is 0.906 bits per heavy atom. The number of halogens is 6. The average molecular weight is 458 g/mol. The maximum absolute atomic E-state index is 14.8. The third kappa shape index (κ3) is 6.42. The highest BCUT2D eigenvalue weighted by atomic mass is 19.4. The fourth-order valence-corrected chi connectivity index (χ4v) is 4.55. The Kier molecular flexibility index (Phi) is 7.78. The molecule has 176 valence electrons. The molecule has 2 aromatic carbocycles. The number of alkyl halides is 3. The Bertz CT molecular complexity index is 890. The highest BCUT2D eigenvalue weighted by Crippen LogP contribution is 2.39. The van der Waals surface area contributed by atoms with Crippen molar-refractivity contribution in [1.29, 1.82) is 0 Å². The van der Waals surface area contributed by atoms with Gasteiger partial charge in [0.2, 0.25) is 5.75 Å². The third-order valence-electron chi connectivity index (χ3n) is 6.23. The first kappa shape index (κ1) is 24.5. The maximum atomic E-state index is 14.8. The molecule has 0 radical (unpaired) electrons. The lowest BCUT2D eigenvalue weighted by molar-refractivity contribution is -0.276. The van der Waals surface area contributed by atoms with Crippen LogP contribution >= 0.6 is 0 Å². The molecule has 3 rings (SSSR count). The number of hydrogen-bond donors (Lipinski definition) is 0. The van der Waals surface area contributed by atoms with E-state index in [0.717, 1.165) is 31.2 Å². The molecule has 32 heavy (non-hydrogen) atoms. The SMILES string of the molecule is CC(C)CCCC1CCC(c2ccc(-c3cc(F)c(OC(F)(F)F)c(F)c3)c(F)c2)CC1. The van der Waals surface area contributed by atoms with Crippen molar-refractivity contribution in [3.05, 3.63) is 53.3 Å². The predicted molar refractivity (Wildman–Crippen MR) is 112 cm³/mol. The van der Waals surface area contributed by atoms with Crippen LogP contribution in [0.5, 0.6) is 5.75 Å². The van der Waals surface area contributed by atoms with Crippen LogP contribution in [0, 0.1) is 29.3 Å². The summed E-state index contributed by atoms with van der Waals surface area (Å²) < 4.78 is 83.1. The summed E-state index contributed by atoms with van der Waals surface area (Å²) in [5.74, 6) is -3.65. The molecule has 0 saturated heterocycles. The summed E-state index contributed by atoms with van der Waals surface area (Å²) in [4.78, 5) is 0. The maximum Gasteiger partial charge on any atom is 0.573 e. The quantitative estimate of drug-likeness (QED) is 0.377. The lowest BCUT2D eigenvalue weighted by atomic mass is 9.76. The molecule has 0 atom stereocenters. The second-order valence-electron chi connectivity index (χ2n) is 9.10. The number of benzene rings is 2. The second kappa shape index (κ2) is 10.2. The molecule has 1 aliphatic rings. The van der Waals surface area contributed by atoms with Crippen LogP contribution < -0.4 is 4.74 Å². The van der Waals surface area contributed by atoms with E-state index in [9.17, 15) is 26.3 Å². The van der Waals surface area contributed by atoms with Crippen molar-refractivity contribution in [1.82, 2.24) is 0 Å². The zero-order valence-electron chi connectivity index (χ0n) is 18.2. The topological polar surface area (TPSA) is 9.23 Å². The van der Waals surface area contributed by atoms with Gasteiger partial charge < -0.3 is 4.74 Å². The molecule has 1 saturated carbocycles. The third-order valence-corrected chi connectivity index (χ3v) is 6.23. The van der Waals surface area contributed by atoms with Crippen LogP contribution in [0.25, 0.3) is 11.1 Å². The van der Waals surface area contributed by atoms with Gasteiger partial charge in [0, 0.05) is 5.56 Å². The first-order valence-electron chi connectivity index (χ1n) is 11.1. The van der Waals surface area contributed by atoms with Gasteiger partial charge in [-0.15, -0.1) is 13.2 Å². The van der Waals surface area contributed by atoms with Gasteiger partial charge in [-0.25, -0.2) is 13.2 Å². The molecule has 0 aliphatic heterocycles. The molecule has 0 spiro atoms. The summed E-state index contributed by atoms with van der Waals surface area (Å²) >= 11 is 0. The first-order valence-corrected chi connectivity index (χ1v) is 11.1. The van der Waals surface area contributed by atoms with Crippen LogP contribution in [0.3, 0.4) is 0 Å². The Morgan fingerprint density at radius 3 is 2.06 bits per heavy atom. The molecule has 7 heteroatoms. The van der Waals surface area contributed by atoms with Crippen molar-refractivity contribution >= 4 is 0 Å². The predicted octanol–water partition coefficient (Wildman–Crippen LogP) is 8.77. The largest absolute Gasteiger partial charge is 0.573 e. The Balaban J connectivity index is 1.68. The molecular formula is C25H28F6O. The Labute approximate surface area is 184 Å². The highest BCUT2D eigenvalue weighted by molar-refractivity contribution is 5.66. The van der Waals surface area contributed by atoms with Crippen molar-refractivity contribution in [3.63, 3.8) is 0 Å². The summed E-state index contributed by atoms with van der Waals surface area (Å²) in [5.41, 5.74) is 0.574. The summed E-state index contributed by atoms with van der Waals surface area (Å²) in [6, 6.07) is 5.82. The van der Waals surface area contributed by atoms with Gasteiger partial charge >= 0.3 is 6.36 Å². The lowest BCUT2D eigenvalue weighted by Gasteiger charge is -2.29. The van der Waals surface area contributed by atoms with Crippen molar-refractivity contribution in [2.45, 2.75) is 71.1 Å². The monoisotopic (exact) mass is 458 g/mol. The average Bonchev–Trinajstić information content (AvgIpc) is 2.70. The molecule has 0 aromatic heterocycles. The fourth-order valence-electron chi connectivity index (χ4n) is 4.55. The summed E-state index contributed by atoms with van der Waals surface area (Å²) in [5, 5.41) is 0. The lowest BCUT2D eigenvalue weighted by Crippen LogP contribution is -2.19. The van der Waals surface area contributed by atoms with E-state index < -0.39 is 29.6 Å². The van der Waals surface area contributed by atoms with Crippen LogP contribution in [-0.2, 0) is 0 Å². The van der Waals surface area contributed by atoms with Crippen LogP contribution in [-0.4, -0.2) is 6.36 Å². The van der Waals surface area contributed by atoms with Crippen molar-refractivity contribution in [3.8, 4) is 16.9 Å². The summed E-state index contributed by atoms with van der Waals surface area (Å²) in [7, 11) is 0. The second-order valence-corrected chi connectivity index (χ2v) is 9.10. The van der Waals surface area contributed by atoms with Crippen LogP contribution in [0.15, 0.2) is 30.3 Å². The normalized spacial score (nSPS) is 19.4. The van der Waals surface area contributed by atoms with Crippen LogP contribution in [0.4, 0.5) is 26.3 Å². The molecule has 1 fully saturated rings. The standard InChI is InChI=1S/C25H28F6O/c1-15(2)4-3-5-16-6-8-17(9-7-16)18-10-11-20(21(26)12-18)19-13-22(27)24(23(28)14-19)32-25(29,30)31/h10-17H,3-9H2,1-2H3. The van der Waals surface area contributed by atoms with Crippen molar-refractivity contribution in [2.75, 3.05) is 0 Å². The minimum Gasteiger partial charge on any atom is -0.399 e. The first-order chi connectivity index (χ1) is 15.0. The van der Waals surface area contributed by atoms with Crippen molar-refractivity contribution in [2.24, 2.45) is 11.8 Å². The fraction of sp³-hybridized carbons (Fsp3) is 0.520. The summed E-state index contributed by atoms with van der Waals surface area (Å²) in [6.45, 7) is 4.45. The zero-order chi connectivity index (χ0) is 23.5. The Morgan fingerprint density at radius 2 is 1.53 bits per heavy atom.